The van der Waals surface area contributed by atoms with Gasteiger partial charge < -0.3 is 10.6 Å². The van der Waals surface area contributed by atoms with E-state index >= 15 is 0 Å². The topological polar surface area (TPSA) is 78.7 Å². The molecule has 1 saturated heterocycles. The third-order valence-electron chi connectivity index (χ3n) is 3.78. The summed E-state index contributed by atoms with van der Waals surface area (Å²) < 4.78 is 29.3. The zero-order chi connectivity index (χ0) is 15.5. The fourth-order valence-electron chi connectivity index (χ4n) is 2.59. The highest BCUT2D eigenvalue weighted by atomic mass is 32.2. The van der Waals surface area contributed by atoms with Gasteiger partial charge in [-0.05, 0) is 37.4 Å². The summed E-state index contributed by atoms with van der Waals surface area (Å²) in [6, 6.07) is 7.37. The normalized spacial score (nSPS) is 20.2. The molecule has 0 aliphatic carbocycles. The Morgan fingerprint density at radius 1 is 1.38 bits per heavy atom. The minimum Gasteiger partial charge on any atom is -0.376 e. The van der Waals surface area contributed by atoms with E-state index in [1.807, 2.05) is 37.2 Å². The van der Waals surface area contributed by atoms with Gasteiger partial charge >= 0.3 is 10.2 Å². The lowest BCUT2D eigenvalue weighted by molar-refractivity contribution is 0.273. The van der Waals surface area contributed by atoms with E-state index in [-0.39, 0.29) is 5.92 Å². The average Bonchev–Trinajstić information content (AvgIpc) is 2.47. The molecule has 0 aromatic heterocycles. The minimum absolute atomic E-state index is 0.249. The summed E-state index contributed by atoms with van der Waals surface area (Å²) >= 11 is 0. The lowest BCUT2D eigenvalue weighted by atomic mass is 10.0. The number of hydrogen-bond donors (Lipinski definition) is 2. The lowest BCUT2D eigenvalue weighted by Crippen LogP contribution is -2.44. The summed E-state index contributed by atoms with van der Waals surface area (Å²) in [6.45, 7) is 1.58. The van der Waals surface area contributed by atoms with Crippen molar-refractivity contribution in [3.63, 3.8) is 0 Å². The number of anilines is 2. The van der Waals surface area contributed by atoms with Crippen molar-refractivity contribution in [2.24, 2.45) is 11.7 Å². The Balaban J connectivity index is 2.18. The second kappa shape index (κ2) is 6.64. The molecule has 1 fully saturated rings. The van der Waals surface area contributed by atoms with E-state index in [1.165, 1.54) is 4.31 Å². The first-order chi connectivity index (χ1) is 9.94. The van der Waals surface area contributed by atoms with Crippen LogP contribution in [-0.4, -0.2) is 46.5 Å². The third kappa shape index (κ3) is 3.87. The van der Waals surface area contributed by atoms with Crippen LogP contribution in [0.15, 0.2) is 24.3 Å². The zero-order valence-corrected chi connectivity index (χ0v) is 13.4. The van der Waals surface area contributed by atoms with E-state index in [2.05, 4.69) is 4.72 Å². The number of piperidine rings is 1. The maximum absolute atomic E-state index is 12.5. The molecule has 0 amide bonds. The van der Waals surface area contributed by atoms with E-state index in [0.29, 0.717) is 25.3 Å². The third-order valence-corrected chi connectivity index (χ3v) is 5.27. The SMILES string of the molecule is CN(C)c1ccccc1NS(=O)(=O)N1CCCC(CN)C1. The van der Waals surface area contributed by atoms with Gasteiger partial charge in [0.1, 0.15) is 0 Å². The van der Waals surface area contributed by atoms with Crippen LogP contribution in [0.2, 0.25) is 0 Å². The Bertz CT molecular complexity index is 574. The largest absolute Gasteiger partial charge is 0.376 e. The summed E-state index contributed by atoms with van der Waals surface area (Å²) in [7, 11) is 0.240. The van der Waals surface area contributed by atoms with E-state index < -0.39 is 10.2 Å². The second-order valence-electron chi connectivity index (χ2n) is 5.62. The molecule has 7 heteroatoms. The molecule has 1 aromatic carbocycles. The van der Waals surface area contributed by atoms with Gasteiger partial charge in [0.05, 0.1) is 11.4 Å². The van der Waals surface area contributed by atoms with Crippen LogP contribution in [0, 0.1) is 5.92 Å². The van der Waals surface area contributed by atoms with E-state index in [4.69, 9.17) is 5.73 Å². The van der Waals surface area contributed by atoms with Crippen LogP contribution in [0.3, 0.4) is 0 Å². The van der Waals surface area contributed by atoms with Gasteiger partial charge in [-0.1, -0.05) is 12.1 Å². The van der Waals surface area contributed by atoms with Crippen LogP contribution in [-0.2, 0) is 10.2 Å². The van der Waals surface area contributed by atoms with Crippen molar-refractivity contribution in [2.45, 2.75) is 12.8 Å². The predicted octanol–water partition coefficient (Wildman–Crippen LogP) is 1.08. The van der Waals surface area contributed by atoms with Crippen molar-refractivity contribution in [2.75, 3.05) is 43.4 Å². The highest BCUT2D eigenvalue weighted by Gasteiger charge is 2.28. The van der Waals surface area contributed by atoms with Gasteiger partial charge in [0.25, 0.3) is 0 Å². The maximum Gasteiger partial charge on any atom is 0.301 e. The molecule has 1 aromatic rings. The predicted molar refractivity (Wildman–Crippen MR) is 86.7 cm³/mol. The summed E-state index contributed by atoms with van der Waals surface area (Å²) in [5.74, 6) is 0.249. The van der Waals surface area contributed by atoms with Crippen LogP contribution in [0.1, 0.15) is 12.8 Å². The molecule has 2 rings (SSSR count). The van der Waals surface area contributed by atoms with Gasteiger partial charge in [-0.25, -0.2) is 0 Å². The van der Waals surface area contributed by atoms with Gasteiger partial charge in [0, 0.05) is 27.2 Å². The average molecular weight is 312 g/mol. The smallest absolute Gasteiger partial charge is 0.301 e. The number of benzene rings is 1. The lowest BCUT2D eigenvalue weighted by Gasteiger charge is -2.31. The minimum atomic E-state index is -3.53. The summed E-state index contributed by atoms with van der Waals surface area (Å²) in [4.78, 5) is 1.89. The zero-order valence-electron chi connectivity index (χ0n) is 12.6. The van der Waals surface area contributed by atoms with Crippen LogP contribution in [0.5, 0.6) is 0 Å². The molecule has 1 atom stereocenters. The molecule has 0 spiro atoms. The number of hydrogen-bond acceptors (Lipinski definition) is 4. The molecule has 1 unspecified atom stereocenters. The first-order valence-electron chi connectivity index (χ1n) is 7.18. The highest BCUT2D eigenvalue weighted by molar-refractivity contribution is 7.90. The maximum atomic E-state index is 12.5. The van der Waals surface area contributed by atoms with Crippen molar-refractivity contribution in [1.29, 1.82) is 0 Å². The van der Waals surface area contributed by atoms with Crippen molar-refractivity contribution in [3.05, 3.63) is 24.3 Å². The Labute approximate surface area is 127 Å². The van der Waals surface area contributed by atoms with Crippen molar-refractivity contribution in [1.82, 2.24) is 4.31 Å². The number of para-hydroxylation sites is 2. The molecule has 0 radical (unpaired) electrons. The van der Waals surface area contributed by atoms with Gasteiger partial charge in [-0.3, -0.25) is 4.72 Å². The monoisotopic (exact) mass is 312 g/mol. The molecule has 6 nitrogen and oxygen atoms in total. The van der Waals surface area contributed by atoms with Gasteiger partial charge in [0.2, 0.25) is 0 Å². The fraction of sp³-hybridized carbons (Fsp3) is 0.571. The molecule has 1 aliphatic rings. The van der Waals surface area contributed by atoms with E-state index in [0.717, 1.165) is 18.5 Å². The quantitative estimate of drug-likeness (QED) is 0.853. The molecule has 118 valence electrons. The molecule has 1 heterocycles. The summed E-state index contributed by atoms with van der Waals surface area (Å²) in [5.41, 5.74) is 7.11. The number of nitrogens with zero attached hydrogens (tertiary/aromatic N) is 2. The molecule has 3 N–H and O–H groups in total. The van der Waals surface area contributed by atoms with Crippen molar-refractivity contribution in [3.8, 4) is 0 Å². The Hall–Kier alpha value is -1.31. The van der Waals surface area contributed by atoms with E-state index in [1.54, 1.807) is 6.07 Å². The number of rotatable bonds is 5. The van der Waals surface area contributed by atoms with Gasteiger partial charge in [-0.2, -0.15) is 12.7 Å². The fourth-order valence-corrected chi connectivity index (χ4v) is 3.95. The molecule has 0 saturated carbocycles. The number of nitrogens with one attached hydrogen (secondary N) is 1. The van der Waals surface area contributed by atoms with Crippen LogP contribution in [0.25, 0.3) is 0 Å². The Morgan fingerprint density at radius 2 is 2.10 bits per heavy atom. The van der Waals surface area contributed by atoms with Crippen molar-refractivity contribution < 1.29 is 8.42 Å². The highest BCUT2D eigenvalue weighted by Crippen LogP contribution is 2.26. The molecule has 21 heavy (non-hydrogen) atoms. The van der Waals surface area contributed by atoms with Crippen LogP contribution in [0.4, 0.5) is 11.4 Å². The standard InChI is InChI=1S/C14H24N4O2S/c1-17(2)14-8-4-3-7-13(14)16-21(19,20)18-9-5-6-12(10-15)11-18/h3-4,7-8,12,16H,5-6,9-11,15H2,1-2H3. The second-order valence-corrected chi connectivity index (χ2v) is 7.29. The molecule has 0 bridgehead atoms. The summed E-state index contributed by atoms with van der Waals surface area (Å²) in [5, 5.41) is 0. The number of nitrogens with two attached hydrogens (primary N) is 1. The van der Waals surface area contributed by atoms with Crippen LogP contribution >= 0.6 is 0 Å². The Kier molecular flexibility index (Phi) is 5.08. The van der Waals surface area contributed by atoms with E-state index in [9.17, 15) is 8.42 Å². The van der Waals surface area contributed by atoms with Crippen molar-refractivity contribution >= 4 is 21.6 Å². The Morgan fingerprint density at radius 3 is 2.76 bits per heavy atom. The molecular weight excluding hydrogens is 288 g/mol. The molecular formula is C14H24N4O2S. The molecule has 1 aliphatic heterocycles. The first kappa shape index (κ1) is 16.1. The van der Waals surface area contributed by atoms with Gasteiger partial charge in [0.15, 0.2) is 0 Å². The first-order valence-corrected chi connectivity index (χ1v) is 8.62. The van der Waals surface area contributed by atoms with Gasteiger partial charge in [-0.15, -0.1) is 0 Å². The van der Waals surface area contributed by atoms with Crippen LogP contribution < -0.4 is 15.4 Å². The summed E-state index contributed by atoms with van der Waals surface area (Å²) in [6.07, 6.45) is 1.86.